The molecule has 1 aromatic carbocycles. The van der Waals surface area contributed by atoms with Crippen LogP contribution in [0.25, 0.3) is 0 Å². The number of halogens is 2. The molecule has 0 heterocycles. The second kappa shape index (κ2) is 6.47. The van der Waals surface area contributed by atoms with E-state index in [1.54, 1.807) is 0 Å². The second-order valence-corrected chi connectivity index (χ2v) is 4.33. The summed E-state index contributed by atoms with van der Waals surface area (Å²) in [6.07, 6.45) is 0. The number of nitrogens with one attached hydrogen (secondary N) is 1. The van der Waals surface area contributed by atoms with Crippen LogP contribution in [0.15, 0.2) is 18.2 Å². The van der Waals surface area contributed by atoms with Gasteiger partial charge >= 0.3 is 5.97 Å². The number of aromatic hydroxyl groups is 1. The Bertz CT molecular complexity index is 464. The Morgan fingerprint density at radius 2 is 2.17 bits per heavy atom. The first-order valence-corrected chi connectivity index (χ1v) is 5.75. The van der Waals surface area contributed by atoms with Crippen LogP contribution >= 0.6 is 23.2 Å². The molecule has 98 valence electrons. The lowest BCUT2D eigenvalue weighted by Crippen LogP contribution is -2.34. The van der Waals surface area contributed by atoms with Gasteiger partial charge in [0.25, 0.3) is 5.91 Å². The van der Waals surface area contributed by atoms with Gasteiger partial charge in [0.2, 0.25) is 0 Å². The summed E-state index contributed by atoms with van der Waals surface area (Å²) in [5, 5.41) is 11.2. The summed E-state index contributed by atoms with van der Waals surface area (Å²) in [7, 11) is 1.20. The highest BCUT2D eigenvalue weighted by atomic mass is 35.5. The first kappa shape index (κ1) is 14.6. The molecule has 0 spiro atoms. The first-order valence-electron chi connectivity index (χ1n) is 4.94. The highest BCUT2D eigenvalue weighted by molar-refractivity contribution is 6.31. The topological polar surface area (TPSA) is 75.6 Å². The zero-order valence-corrected chi connectivity index (χ0v) is 11.0. The van der Waals surface area contributed by atoms with Crippen molar-refractivity contribution in [3.8, 4) is 5.75 Å². The third kappa shape index (κ3) is 3.78. The fraction of sp³-hybridized carbons (Fsp3) is 0.273. The van der Waals surface area contributed by atoms with Crippen LogP contribution < -0.4 is 5.32 Å². The van der Waals surface area contributed by atoms with E-state index in [1.165, 1.54) is 25.3 Å². The Morgan fingerprint density at radius 1 is 1.50 bits per heavy atom. The van der Waals surface area contributed by atoms with Gasteiger partial charge < -0.3 is 15.2 Å². The van der Waals surface area contributed by atoms with E-state index in [0.29, 0.717) is 5.02 Å². The SMILES string of the molecule is COC(=O)C(Cl)CNC(=O)c1cc(Cl)ccc1O. The summed E-state index contributed by atoms with van der Waals surface area (Å²) < 4.78 is 4.40. The van der Waals surface area contributed by atoms with Gasteiger partial charge in [-0.3, -0.25) is 9.59 Å². The Labute approximate surface area is 114 Å². The summed E-state index contributed by atoms with van der Waals surface area (Å²) in [6, 6.07) is 4.07. The molecule has 18 heavy (non-hydrogen) atoms. The number of carbonyl (C=O) groups excluding carboxylic acids is 2. The molecule has 0 aliphatic carbocycles. The molecule has 0 aromatic heterocycles. The Balaban J connectivity index is 2.66. The maximum atomic E-state index is 11.7. The quantitative estimate of drug-likeness (QED) is 0.652. The number of amides is 1. The van der Waals surface area contributed by atoms with Crippen LogP contribution in [-0.2, 0) is 9.53 Å². The number of ether oxygens (including phenoxy) is 1. The molecule has 1 aromatic rings. The molecule has 1 rings (SSSR count). The van der Waals surface area contributed by atoms with Crippen LogP contribution in [0.3, 0.4) is 0 Å². The van der Waals surface area contributed by atoms with Crippen molar-refractivity contribution in [3.63, 3.8) is 0 Å². The number of phenolic OH excluding ortho intramolecular Hbond substituents is 1. The van der Waals surface area contributed by atoms with Gasteiger partial charge in [-0.2, -0.15) is 0 Å². The van der Waals surface area contributed by atoms with Crippen LogP contribution in [-0.4, -0.2) is 36.0 Å². The Hall–Kier alpha value is -1.46. The maximum absolute atomic E-state index is 11.7. The van der Waals surface area contributed by atoms with Crippen molar-refractivity contribution >= 4 is 35.1 Å². The smallest absolute Gasteiger partial charge is 0.325 e. The number of benzene rings is 1. The molecular weight excluding hydrogens is 281 g/mol. The highest BCUT2D eigenvalue weighted by Gasteiger charge is 2.18. The van der Waals surface area contributed by atoms with Gasteiger partial charge in [0, 0.05) is 11.6 Å². The van der Waals surface area contributed by atoms with Crippen LogP contribution in [0.5, 0.6) is 5.75 Å². The van der Waals surface area contributed by atoms with Gasteiger partial charge in [-0.1, -0.05) is 11.6 Å². The molecule has 0 saturated heterocycles. The summed E-state index contributed by atoms with van der Waals surface area (Å²) in [4.78, 5) is 22.7. The lowest BCUT2D eigenvalue weighted by molar-refractivity contribution is -0.140. The average molecular weight is 292 g/mol. The number of carbonyl (C=O) groups is 2. The number of methoxy groups -OCH3 is 1. The number of hydrogen-bond acceptors (Lipinski definition) is 4. The van der Waals surface area contributed by atoms with E-state index in [-0.39, 0.29) is 17.9 Å². The van der Waals surface area contributed by atoms with Gasteiger partial charge in [-0.05, 0) is 18.2 Å². The van der Waals surface area contributed by atoms with Gasteiger partial charge in [0.1, 0.15) is 11.1 Å². The van der Waals surface area contributed by atoms with E-state index < -0.39 is 17.3 Å². The highest BCUT2D eigenvalue weighted by Crippen LogP contribution is 2.21. The van der Waals surface area contributed by atoms with Crippen molar-refractivity contribution in [2.45, 2.75) is 5.38 Å². The summed E-state index contributed by atoms with van der Waals surface area (Å²) in [5.74, 6) is -1.43. The first-order chi connectivity index (χ1) is 8.45. The number of phenols is 1. The third-order valence-corrected chi connectivity index (χ3v) is 2.67. The Morgan fingerprint density at radius 3 is 2.78 bits per heavy atom. The van der Waals surface area contributed by atoms with Crippen LogP contribution in [0, 0.1) is 0 Å². The molecule has 0 radical (unpaired) electrons. The molecular formula is C11H11Cl2NO4. The predicted octanol–water partition coefficient (Wildman–Crippen LogP) is 1.56. The molecule has 1 unspecified atom stereocenters. The monoisotopic (exact) mass is 291 g/mol. The number of esters is 1. The normalized spacial score (nSPS) is 11.7. The molecule has 0 bridgehead atoms. The summed E-state index contributed by atoms with van der Waals surface area (Å²) in [5.41, 5.74) is 0.0104. The van der Waals surface area contributed by atoms with Crippen molar-refractivity contribution in [2.75, 3.05) is 13.7 Å². The van der Waals surface area contributed by atoms with Crippen LogP contribution in [0.4, 0.5) is 0 Å². The van der Waals surface area contributed by atoms with E-state index in [0.717, 1.165) is 0 Å². The van der Waals surface area contributed by atoms with E-state index >= 15 is 0 Å². The molecule has 0 aliphatic heterocycles. The van der Waals surface area contributed by atoms with Crippen molar-refractivity contribution in [1.82, 2.24) is 5.32 Å². The molecule has 0 aliphatic rings. The minimum Gasteiger partial charge on any atom is -0.507 e. The molecule has 5 nitrogen and oxygen atoms in total. The van der Waals surface area contributed by atoms with E-state index in [2.05, 4.69) is 10.1 Å². The van der Waals surface area contributed by atoms with Crippen molar-refractivity contribution in [2.24, 2.45) is 0 Å². The fourth-order valence-corrected chi connectivity index (χ4v) is 1.52. The van der Waals surface area contributed by atoms with Gasteiger partial charge in [0.05, 0.1) is 12.7 Å². The average Bonchev–Trinajstić information content (AvgIpc) is 2.37. The van der Waals surface area contributed by atoms with Crippen molar-refractivity contribution in [1.29, 1.82) is 0 Å². The molecule has 0 fully saturated rings. The minimum atomic E-state index is -0.986. The number of hydrogen-bond donors (Lipinski definition) is 2. The lowest BCUT2D eigenvalue weighted by Gasteiger charge is -2.10. The van der Waals surface area contributed by atoms with E-state index in [1.807, 2.05) is 0 Å². The van der Waals surface area contributed by atoms with Crippen molar-refractivity contribution in [3.05, 3.63) is 28.8 Å². The summed E-state index contributed by atoms with van der Waals surface area (Å²) >= 11 is 11.4. The second-order valence-electron chi connectivity index (χ2n) is 3.36. The molecule has 7 heteroatoms. The third-order valence-electron chi connectivity index (χ3n) is 2.10. The minimum absolute atomic E-state index is 0.0104. The lowest BCUT2D eigenvalue weighted by atomic mass is 10.2. The van der Waals surface area contributed by atoms with Crippen LogP contribution in [0.2, 0.25) is 5.02 Å². The van der Waals surface area contributed by atoms with E-state index in [4.69, 9.17) is 23.2 Å². The zero-order chi connectivity index (χ0) is 13.7. The fourth-order valence-electron chi connectivity index (χ4n) is 1.18. The van der Waals surface area contributed by atoms with E-state index in [9.17, 15) is 14.7 Å². The predicted molar refractivity (Wildman–Crippen MR) is 67.1 cm³/mol. The van der Waals surface area contributed by atoms with Gasteiger partial charge in [-0.15, -0.1) is 11.6 Å². The standard InChI is InChI=1S/C11H11Cl2NO4/c1-18-11(17)8(13)5-14-10(16)7-4-6(12)2-3-9(7)15/h2-4,8,15H,5H2,1H3,(H,14,16). The van der Waals surface area contributed by atoms with Gasteiger partial charge in [0.15, 0.2) is 0 Å². The molecule has 0 saturated carbocycles. The number of rotatable bonds is 4. The van der Waals surface area contributed by atoms with Crippen molar-refractivity contribution < 1.29 is 19.4 Å². The largest absolute Gasteiger partial charge is 0.507 e. The maximum Gasteiger partial charge on any atom is 0.325 e. The molecule has 1 amide bonds. The van der Waals surface area contributed by atoms with Gasteiger partial charge in [-0.25, -0.2) is 0 Å². The molecule has 1 atom stereocenters. The Kier molecular flexibility index (Phi) is 5.25. The van der Waals surface area contributed by atoms with Crippen LogP contribution in [0.1, 0.15) is 10.4 Å². The molecule has 2 N–H and O–H groups in total. The zero-order valence-electron chi connectivity index (χ0n) is 9.44. The summed E-state index contributed by atoms with van der Waals surface area (Å²) in [6.45, 7) is -0.112. The number of alkyl halides is 1.